The van der Waals surface area contributed by atoms with Crippen LogP contribution in [0.5, 0.6) is 0 Å². The summed E-state index contributed by atoms with van der Waals surface area (Å²) in [6.45, 7) is 1.19. The van der Waals surface area contributed by atoms with Crippen molar-refractivity contribution in [3.05, 3.63) is 53.3 Å². The van der Waals surface area contributed by atoms with E-state index in [1.807, 2.05) is 12.3 Å². The molecule has 2 rings (SSSR count). The molecule has 0 bridgehead atoms. The third kappa shape index (κ3) is 4.89. The van der Waals surface area contributed by atoms with E-state index in [2.05, 4.69) is 15.7 Å². The Bertz CT molecular complexity index is 628. The summed E-state index contributed by atoms with van der Waals surface area (Å²) in [7, 11) is 0. The molecule has 2 N–H and O–H groups in total. The Balaban J connectivity index is 1.65. The summed E-state index contributed by atoms with van der Waals surface area (Å²) in [4.78, 5) is 23.5. The highest BCUT2D eigenvalue weighted by Crippen LogP contribution is 2.14. The van der Waals surface area contributed by atoms with Gasteiger partial charge in [0.05, 0.1) is 17.1 Å². The van der Waals surface area contributed by atoms with Crippen LogP contribution in [-0.2, 0) is 11.3 Å². The molecule has 0 aliphatic carbocycles. The Morgan fingerprint density at radius 2 is 2.00 bits per heavy atom. The molecule has 0 aliphatic rings. The van der Waals surface area contributed by atoms with Crippen molar-refractivity contribution in [2.24, 2.45) is 0 Å². The number of nitrogens with one attached hydrogen (secondary N) is 2. The van der Waals surface area contributed by atoms with Crippen LogP contribution in [0.25, 0.3) is 0 Å². The van der Waals surface area contributed by atoms with Gasteiger partial charge in [0.25, 0.3) is 5.91 Å². The van der Waals surface area contributed by atoms with E-state index in [-0.39, 0.29) is 18.4 Å². The zero-order valence-corrected chi connectivity index (χ0v) is 12.7. The molecule has 0 radical (unpaired) electrons. The summed E-state index contributed by atoms with van der Waals surface area (Å²) in [6, 6.07) is 8.55. The molecule has 0 fully saturated rings. The van der Waals surface area contributed by atoms with Crippen LogP contribution in [0.15, 0.2) is 42.7 Å². The average molecular weight is 321 g/mol. The summed E-state index contributed by atoms with van der Waals surface area (Å²) in [5.41, 5.74) is 0.357. The molecular formula is C15H17ClN4O2. The molecule has 0 saturated heterocycles. The van der Waals surface area contributed by atoms with Crippen molar-refractivity contribution in [3.63, 3.8) is 0 Å². The van der Waals surface area contributed by atoms with Crippen molar-refractivity contribution >= 4 is 23.4 Å². The molecule has 1 heterocycles. The van der Waals surface area contributed by atoms with Crippen molar-refractivity contribution < 1.29 is 9.59 Å². The standard InChI is InChI=1S/C15H17ClN4O2/c16-13-6-2-1-5-12(13)15(22)18-11-14(21)17-7-3-9-20-10-4-8-19-20/h1-2,4-6,8,10H,3,7,9,11H2,(H,17,21)(H,18,22). The molecular weight excluding hydrogens is 304 g/mol. The number of hydrogen-bond donors (Lipinski definition) is 2. The van der Waals surface area contributed by atoms with E-state index in [1.54, 1.807) is 35.1 Å². The fourth-order valence-corrected chi connectivity index (χ4v) is 2.09. The molecule has 7 heteroatoms. The normalized spacial score (nSPS) is 10.2. The number of hydrogen-bond acceptors (Lipinski definition) is 3. The van der Waals surface area contributed by atoms with Gasteiger partial charge in [-0.05, 0) is 24.6 Å². The molecule has 2 aromatic rings. The number of nitrogens with zero attached hydrogens (tertiary/aromatic N) is 2. The second kappa shape index (κ2) is 8.19. The topological polar surface area (TPSA) is 76.0 Å². The number of halogens is 1. The van der Waals surface area contributed by atoms with Gasteiger partial charge < -0.3 is 10.6 Å². The molecule has 116 valence electrons. The highest BCUT2D eigenvalue weighted by atomic mass is 35.5. The molecule has 0 unspecified atom stereocenters. The second-order valence-electron chi connectivity index (χ2n) is 4.64. The maximum atomic E-state index is 11.9. The summed E-state index contributed by atoms with van der Waals surface area (Å²) < 4.78 is 1.80. The number of carbonyl (C=O) groups excluding carboxylic acids is 2. The number of amides is 2. The van der Waals surface area contributed by atoms with Gasteiger partial charge in [0.2, 0.25) is 5.91 Å². The Morgan fingerprint density at radius 1 is 1.18 bits per heavy atom. The first kappa shape index (κ1) is 16.0. The van der Waals surface area contributed by atoms with E-state index in [9.17, 15) is 9.59 Å². The Kier molecular flexibility index (Phi) is 5.97. The molecule has 0 aliphatic heterocycles. The first-order valence-corrected chi connectivity index (χ1v) is 7.31. The molecule has 1 aromatic carbocycles. The van der Waals surface area contributed by atoms with Gasteiger partial charge in [-0.15, -0.1) is 0 Å². The van der Waals surface area contributed by atoms with E-state index in [0.29, 0.717) is 17.1 Å². The van der Waals surface area contributed by atoms with E-state index in [0.717, 1.165) is 13.0 Å². The van der Waals surface area contributed by atoms with Gasteiger partial charge in [-0.25, -0.2) is 0 Å². The summed E-state index contributed by atoms with van der Waals surface area (Å²) in [5.74, 6) is -0.599. The monoisotopic (exact) mass is 320 g/mol. The SMILES string of the molecule is O=C(CNC(=O)c1ccccc1Cl)NCCCn1cccn1. The van der Waals surface area contributed by atoms with Crippen LogP contribution in [-0.4, -0.2) is 34.7 Å². The second-order valence-corrected chi connectivity index (χ2v) is 5.04. The zero-order chi connectivity index (χ0) is 15.8. The Morgan fingerprint density at radius 3 is 2.73 bits per heavy atom. The van der Waals surface area contributed by atoms with Crippen molar-refractivity contribution in [3.8, 4) is 0 Å². The van der Waals surface area contributed by atoms with E-state index < -0.39 is 0 Å². The first-order valence-electron chi connectivity index (χ1n) is 6.93. The molecule has 0 saturated carbocycles. The third-order valence-electron chi connectivity index (χ3n) is 2.97. The largest absolute Gasteiger partial charge is 0.355 e. The van der Waals surface area contributed by atoms with E-state index >= 15 is 0 Å². The van der Waals surface area contributed by atoms with Gasteiger partial charge in [0.1, 0.15) is 0 Å². The van der Waals surface area contributed by atoms with Crippen LogP contribution in [0, 0.1) is 0 Å². The van der Waals surface area contributed by atoms with Crippen LogP contribution >= 0.6 is 11.6 Å². The van der Waals surface area contributed by atoms with Crippen LogP contribution in [0.1, 0.15) is 16.8 Å². The van der Waals surface area contributed by atoms with Crippen molar-refractivity contribution in [2.75, 3.05) is 13.1 Å². The minimum atomic E-state index is -0.364. The predicted octanol–water partition coefficient (Wildman–Crippen LogP) is 1.47. The third-order valence-corrected chi connectivity index (χ3v) is 3.30. The lowest BCUT2D eigenvalue weighted by molar-refractivity contribution is -0.120. The lowest BCUT2D eigenvalue weighted by atomic mass is 10.2. The first-order chi connectivity index (χ1) is 10.7. The van der Waals surface area contributed by atoms with Crippen LogP contribution in [0.4, 0.5) is 0 Å². The number of benzene rings is 1. The minimum Gasteiger partial charge on any atom is -0.355 e. The van der Waals surface area contributed by atoms with Crippen LogP contribution < -0.4 is 10.6 Å². The summed E-state index contributed by atoms with van der Waals surface area (Å²) in [6.07, 6.45) is 4.35. The fourth-order valence-electron chi connectivity index (χ4n) is 1.87. The molecule has 2 amide bonds. The molecule has 22 heavy (non-hydrogen) atoms. The maximum absolute atomic E-state index is 11.9. The average Bonchev–Trinajstić information content (AvgIpc) is 3.03. The highest BCUT2D eigenvalue weighted by Gasteiger charge is 2.10. The zero-order valence-electron chi connectivity index (χ0n) is 12.0. The number of rotatable bonds is 7. The van der Waals surface area contributed by atoms with Crippen molar-refractivity contribution in [1.29, 1.82) is 0 Å². The smallest absolute Gasteiger partial charge is 0.253 e. The number of aromatic nitrogens is 2. The van der Waals surface area contributed by atoms with Gasteiger partial charge in [0, 0.05) is 25.5 Å². The van der Waals surface area contributed by atoms with Crippen LogP contribution in [0.3, 0.4) is 0 Å². The predicted molar refractivity (Wildman–Crippen MR) is 83.6 cm³/mol. The molecule has 0 atom stereocenters. The van der Waals surface area contributed by atoms with Crippen molar-refractivity contribution in [1.82, 2.24) is 20.4 Å². The highest BCUT2D eigenvalue weighted by molar-refractivity contribution is 6.33. The molecule has 1 aromatic heterocycles. The quantitative estimate of drug-likeness (QED) is 0.759. The van der Waals surface area contributed by atoms with Gasteiger partial charge in [0.15, 0.2) is 0 Å². The van der Waals surface area contributed by atoms with Gasteiger partial charge >= 0.3 is 0 Å². The fraction of sp³-hybridized carbons (Fsp3) is 0.267. The van der Waals surface area contributed by atoms with Crippen molar-refractivity contribution in [2.45, 2.75) is 13.0 Å². The summed E-state index contributed by atoms with van der Waals surface area (Å²) >= 11 is 5.92. The number of aryl methyl sites for hydroxylation is 1. The van der Waals surface area contributed by atoms with Gasteiger partial charge in [-0.2, -0.15) is 5.10 Å². The Labute approximate surface area is 133 Å². The molecule has 6 nitrogen and oxygen atoms in total. The lowest BCUT2D eigenvalue weighted by Gasteiger charge is -2.08. The summed E-state index contributed by atoms with van der Waals surface area (Å²) in [5, 5.41) is 9.71. The van der Waals surface area contributed by atoms with Gasteiger partial charge in [-0.1, -0.05) is 23.7 Å². The number of carbonyl (C=O) groups is 2. The van der Waals surface area contributed by atoms with Gasteiger partial charge in [-0.3, -0.25) is 14.3 Å². The van der Waals surface area contributed by atoms with E-state index in [4.69, 9.17) is 11.6 Å². The van der Waals surface area contributed by atoms with Crippen LogP contribution in [0.2, 0.25) is 5.02 Å². The minimum absolute atomic E-state index is 0.0776. The lowest BCUT2D eigenvalue weighted by Crippen LogP contribution is -2.37. The molecule has 0 spiro atoms. The Hall–Kier alpha value is -2.34. The maximum Gasteiger partial charge on any atom is 0.253 e. The van der Waals surface area contributed by atoms with E-state index in [1.165, 1.54) is 0 Å².